The topological polar surface area (TPSA) is 102 Å². The van der Waals surface area contributed by atoms with E-state index in [4.69, 9.17) is 4.42 Å². The number of hydrogen-bond donors (Lipinski definition) is 1. The quantitative estimate of drug-likeness (QED) is 0.544. The predicted molar refractivity (Wildman–Crippen MR) is 116 cm³/mol. The Morgan fingerprint density at radius 2 is 1.90 bits per heavy atom. The zero-order valence-electron chi connectivity index (χ0n) is 17.4. The fourth-order valence-corrected chi connectivity index (χ4v) is 3.83. The first-order valence-electron chi connectivity index (χ1n) is 10.3. The second-order valence-corrected chi connectivity index (χ2v) is 7.99. The van der Waals surface area contributed by atoms with Crippen LogP contribution in [-0.4, -0.2) is 55.7 Å². The first-order chi connectivity index (χ1) is 15.0. The van der Waals surface area contributed by atoms with Gasteiger partial charge in [0.15, 0.2) is 11.6 Å². The molecule has 9 heteroatoms. The Balaban J connectivity index is 1.33. The molecule has 1 aliphatic heterocycles. The van der Waals surface area contributed by atoms with Crippen molar-refractivity contribution in [1.82, 2.24) is 29.6 Å². The number of hydrogen-bond acceptors (Lipinski definition) is 7. The van der Waals surface area contributed by atoms with E-state index < -0.39 is 0 Å². The summed E-state index contributed by atoms with van der Waals surface area (Å²) in [6.45, 7) is 2.01. The smallest absolute Gasteiger partial charge is 0.278 e. The molecule has 1 saturated heterocycles. The van der Waals surface area contributed by atoms with Gasteiger partial charge in [-0.1, -0.05) is 0 Å². The van der Waals surface area contributed by atoms with Gasteiger partial charge in [-0.15, -0.1) is 0 Å². The minimum Gasteiger partial charge on any atom is -0.448 e. The van der Waals surface area contributed by atoms with Gasteiger partial charge >= 0.3 is 0 Å². The number of pyridine rings is 2. The lowest BCUT2D eigenvalue weighted by atomic mass is 9.97. The number of anilines is 1. The van der Waals surface area contributed by atoms with Gasteiger partial charge in [0.05, 0.1) is 11.9 Å². The van der Waals surface area contributed by atoms with Crippen molar-refractivity contribution in [3.8, 4) is 11.3 Å². The van der Waals surface area contributed by atoms with Gasteiger partial charge in [0.1, 0.15) is 12.1 Å². The van der Waals surface area contributed by atoms with E-state index in [1.165, 1.54) is 6.26 Å². The van der Waals surface area contributed by atoms with Crippen molar-refractivity contribution in [3.63, 3.8) is 0 Å². The summed E-state index contributed by atoms with van der Waals surface area (Å²) in [7, 11) is 3.97. The number of fused-ring (bicyclic) bond motifs is 1. The van der Waals surface area contributed by atoms with Crippen molar-refractivity contribution in [2.75, 3.05) is 25.5 Å². The van der Waals surface area contributed by atoms with Crippen LogP contribution in [0.15, 0.2) is 47.6 Å². The summed E-state index contributed by atoms with van der Waals surface area (Å²) in [5.74, 6) is 1.01. The molecule has 1 amide bonds. The highest BCUT2D eigenvalue weighted by atomic mass is 16.3. The average Bonchev–Trinajstić information content (AvgIpc) is 3.43. The SMILES string of the molecule is CN1CCC(c2nc(C(=O)Nc3cc4cc(-c5cnn(C)c5)ncc4cn3)co2)CC1. The largest absolute Gasteiger partial charge is 0.448 e. The molecule has 0 unspecified atom stereocenters. The summed E-state index contributed by atoms with van der Waals surface area (Å²) in [6, 6.07) is 3.78. The predicted octanol–water partition coefficient (Wildman–Crippen LogP) is 3.08. The maximum Gasteiger partial charge on any atom is 0.278 e. The van der Waals surface area contributed by atoms with Gasteiger partial charge in [-0.25, -0.2) is 9.97 Å². The number of oxazole rings is 1. The van der Waals surface area contributed by atoms with Crippen LogP contribution in [0.5, 0.6) is 0 Å². The van der Waals surface area contributed by atoms with Gasteiger partial charge < -0.3 is 14.6 Å². The maximum absolute atomic E-state index is 12.7. The molecule has 5 rings (SSSR count). The molecule has 0 spiro atoms. The van der Waals surface area contributed by atoms with E-state index >= 15 is 0 Å². The van der Waals surface area contributed by atoms with Gasteiger partial charge in [-0.2, -0.15) is 5.10 Å². The third-order valence-corrected chi connectivity index (χ3v) is 5.67. The zero-order chi connectivity index (χ0) is 21.4. The number of rotatable bonds is 4. The van der Waals surface area contributed by atoms with Crippen LogP contribution in [-0.2, 0) is 7.05 Å². The molecule has 0 aliphatic carbocycles. The summed E-state index contributed by atoms with van der Waals surface area (Å²) in [4.78, 5) is 28.2. The van der Waals surface area contributed by atoms with Crippen LogP contribution in [0.25, 0.3) is 22.0 Å². The van der Waals surface area contributed by atoms with Gasteiger partial charge in [-0.05, 0) is 50.5 Å². The van der Waals surface area contributed by atoms with Crippen molar-refractivity contribution in [2.45, 2.75) is 18.8 Å². The molecule has 4 aromatic heterocycles. The first kappa shape index (κ1) is 19.4. The van der Waals surface area contributed by atoms with Crippen LogP contribution < -0.4 is 5.32 Å². The van der Waals surface area contributed by atoms with Gasteiger partial charge in [0.2, 0.25) is 0 Å². The third-order valence-electron chi connectivity index (χ3n) is 5.67. The van der Waals surface area contributed by atoms with Crippen LogP contribution in [0.2, 0.25) is 0 Å². The summed E-state index contributed by atoms with van der Waals surface area (Å²) < 4.78 is 7.34. The number of nitrogens with zero attached hydrogens (tertiary/aromatic N) is 6. The van der Waals surface area contributed by atoms with E-state index in [1.807, 2.05) is 25.4 Å². The highest BCUT2D eigenvalue weighted by Gasteiger charge is 2.24. The lowest BCUT2D eigenvalue weighted by Gasteiger charge is -2.26. The normalized spacial score (nSPS) is 15.4. The highest BCUT2D eigenvalue weighted by Crippen LogP contribution is 2.27. The molecule has 0 aromatic carbocycles. The Labute approximate surface area is 179 Å². The minimum absolute atomic E-state index is 0.259. The van der Waals surface area contributed by atoms with E-state index in [-0.39, 0.29) is 17.5 Å². The number of amides is 1. The Hall–Kier alpha value is -3.59. The maximum atomic E-state index is 12.7. The second kappa shape index (κ2) is 7.92. The molecule has 1 N–H and O–H groups in total. The van der Waals surface area contributed by atoms with Crippen molar-refractivity contribution in [1.29, 1.82) is 0 Å². The number of aromatic nitrogens is 5. The van der Waals surface area contributed by atoms with Crippen molar-refractivity contribution < 1.29 is 9.21 Å². The van der Waals surface area contributed by atoms with Crippen LogP contribution in [0.3, 0.4) is 0 Å². The zero-order valence-corrected chi connectivity index (χ0v) is 17.4. The number of aryl methyl sites for hydroxylation is 1. The molecule has 1 fully saturated rings. The first-order valence-corrected chi connectivity index (χ1v) is 10.3. The van der Waals surface area contributed by atoms with Gasteiger partial charge in [0.25, 0.3) is 5.91 Å². The van der Waals surface area contributed by atoms with Crippen LogP contribution in [0.4, 0.5) is 5.82 Å². The highest BCUT2D eigenvalue weighted by molar-refractivity contribution is 6.03. The Morgan fingerprint density at radius 1 is 1.10 bits per heavy atom. The summed E-state index contributed by atoms with van der Waals surface area (Å²) >= 11 is 0. The molecule has 0 saturated carbocycles. The summed E-state index contributed by atoms with van der Waals surface area (Å²) in [5, 5.41) is 8.82. The van der Waals surface area contributed by atoms with Crippen LogP contribution in [0.1, 0.15) is 35.1 Å². The summed E-state index contributed by atoms with van der Waals surface area (Å²) in [5.41, 5.74) is 2.00. The van der Waals surface area contributed by atoms with Crippen molar-refractivity contribution >= 4 is 22.5 Å². The Morgan fingerprint density at radius 3 is 2.68 bits per heavy atom. The van der Waals surface area contributed by atoms with E-state index in [1.54, 1.807) is 23.3 Å². The van der Waals surface area contributed by atoms with E-state index in [2.05, 4.69) is 37.3 Å². The van der Waals surface area contributed by atoms with E-state index in [0.717, 1.165) is 48.0 Å². The van der Waals surface area contributed by atoms with Crippen LogP contribution >= 0.6 is 0 Å². The molecule has 9 nitrogen and oxygen atoms in total. The van der Waals surface area contributed by atoms with Crippen molar-refractivity contribution in [2.24, 2.45) is 7.05 Å². The van der Waals surface area contributed by atoms with Gasteiger partial charge in [-0.3, -0.25) is 14.5 Å². The summed E-state index contributed by atoms with van der Waals surface area (Å²) in [6.07, 6.45) is 10.5. The lowest BCUT2D eigenvalue weighted by Crippen LogP contribution is -2.29. The molecule has 0 atom stereocenters. The second-order valence-electron chi connectivity index (χ2n) is 7.99. The monoisotopic (exact) mass is 417 g/mol. The fourth-order valence-electron chi connectivity index (χ4n) is 3.83. The molecule has 4 aromatic rings. The van der Waals surface area contributed by atoms with E-state index in [0.29, 0.717) is 11.7 Å². The molecular weight excluding hydrogens is 394 g/mol. The Bertz CT molecular complexity index is 1240. The third kappa shape index (κ3) is 4.04. The Kier molecular flexibility index (Phi) is 4.95. The number of likely N-dealkylation sites (tertiary alicyclic amines) is 1. The number of carbonyl (C=O) groups is 1. The number of nitrogens with one attached hydrogen (secondary N) is 1. The molecule has 0 radical (unpaired) electrons. The van der Waals surface area contributed by atoms with Crippen LogP contribution in [0, 0.1) is 0 Å². The number of carbonyl (C=O) groups excluding carboxylic acids is 1. The minimum atomic E-state index is -0.337. The standard InChI is InChI=1S/C22H23N7O2/c1-28-5-3-14(4-6-28)22-26-19(13-31-22)21(30)27-20-8-15-7-18(17-11-25-29(2)12-17)23-9-16(15)10-24-20/h7-14H,3-6H2,1-2H3,(H,24,27,30). The van der Waals surface area contributed by atoms with Gasteiger partial charge in [0, 0.05) is 42.5 Å². The molecule has 5 heterocycles. The molecule has 0 bridgehead atoms. The molecule has 1 aliphatic rings. The lowest BCUT2D eigenvalue weighted by molar-refractivity contribution is 0.102. The van der Waals surface area contributed by atoms with E-state index in [9.17, 15) is 4.79 Å². The van der Waals surface area contributed by atoms with Crippen molar-refractivity contribution in [3.05, 3.63) is 54.8 Å². The average molecular weight is 417 g/mol. The molecule has 31 heavy (non-hydrogen) atoms. The number of piperidine rings is 1. The molecule has 158 valence electrons. The molecular formula is C22H23N7O2. The fraction of sp³-hybridized carbons (Fsp3) is 0.318.